The molecule has 5 nitrogen and oxygen atoms in total. The molecule has 5 heteroatoms. The Balaban J connectivity index is 3.15. The topological polar surface area (TPSA) is 75.3 Å². The van der Waals surface area contributed by atoms with Crippen LogP contribution in [-0.2, 0) is 9.59 Å². The number of rotatable bonds is 3. The number of barbiturate groups is 1. The van der Waals surface area contributed by atoms with Crippen LogP contribution < -0.4 is 10.6 Å². The Kier molecular flexibility index (Phi) is 3.47. The number of carbonyl (C=O) groups is 3. The molecule has 0 bridgehead atoms. The van der Waals surface area contributed by atoms with Crippen molar-refractivity contribution in [1.82, 2.24) is 10.6 Å². The van der Waals surface area contributed by atoms with Crippen LogP contribution in [0.15, 0.2) is 12.2 Å². The summed E-state index contributed by atoms with van der Waals surface area (Å²) in [6.07, 6.45) is 3.93. The Labute approximate surface area is 94.3 Å². The summed E-state index contributed by atoms with van der Waals surface area (Å²) >= 11 is 0. The van der Waals surface area contributed by atoms with Gasteiger partial charge in [0.05, 0.1) is 0 Å². The van der Waals surface area contributed by atoms with Gasteiger partial charge in [-0.3, -0.25) is 20.2 Å². The monoisotopic (exact) mass is 224 g/mol. The standard InChI is InChI=1S/C11H16N2O3/c1-4-6-7(3)11(5-2)8(14)12-10(16)13-9(11)15/h4,6-7H,5H2,1-3H3,(H2,12,13,14,15,16). The lowest BCUT2D eigenvalue weighted by Crippen LogP contribution is -2.64. The average Bonchev–Trinajstić information content (AvgIpc) is 2.18. The SMILES string of the molecule is CC=CC(C)C1(CC)C(=O)NC(=O)NC1=O. The van der Waals surface area contributed by atoms with E-state index >= 15 is 0 Å². The summed E-state index contributed by atoms with van der Waals surface area (Å²) in [6.45, 7) is 5.37. The highest BCUT2D eigenvalue weighted by Gasteiger charge is 2.51. The third-order valence-corrected chi connectivity index (χ3v) is 3.08. The van der Waals surface area contributed by atoms with Crippen molar-refractivity contribution in [2.24, 2.45) is 11.3 Å². The Morgan fingerprint density at radius 2 is 1.75 bits per heavy atom. The molecule has 16 heavy (non-hydrogen) atoms. The summed E-state index contributed by atoms with van der Waals surface area (Å²) in [5.74, 6) is -1.29. The normalized spacial score (nSPS) is 21.8. The number of carbonyl (C=O) groups excluding carboxylic acids is 3. The summed E-state index contributed by atoms with van der Waals surface area (Å²) < 4.78 is 0. The molecule has 0 aromatic heterocycles. The van der Waals surface area contributed by atoms with E-state index in [4.69, 9.17) is 0 Å². The molecule has 1 saturated heterocycles. The lowest BCUT2D eigenvalue weighted by molar-refractivity contribution is -0.147. The summed E-state index contributed by atoms with van der Waals surface area (Å²) in [5.41, 5.74) is -1.18. The van der Waals surface area contributed by atoms with Gasteiger partial charge < -0.3 is 0 Å². The van der Waals surface area contributed by atoms with Crippen molar-refractivity contribution in [3.8, 4) is 0 Å². The fourth-order valence-electron chi connectivity index (χ4n) is 2.07. The average molecular weight is 224 g/mol. The van der Waals surface area contributed by atoms with Gasteiger partial charge in [-0.2, -0.15) is 0 Å². The molecule has 1 heterocycles. The fraction of sp³-hybridized carbons (Fsp3) is 0.545. The van der Waals surface area contributed by atoms with Gasteiger partial charge >= 0.3 is 6.03 Å². The molecule has 1 aliphatic rings. The Hall–Kier alpha value is -1.65. The molecule has 1 rings (SSSR count). The Morgan fingerprint density at radius 3 is 2.12 bits per heavy atom. The quantitative estimate of drug-likeness (QED) is 0.554. The molecule has 0 aromatic carbocycles. The minimum atomic E-state index is -1.18. The third kappa shape index (κ3) is 1.73. The number of imide groups is 2. The second kappa shape index (κ2) is 4.47. The van der Waals surface area contributed by atoms with E-state index in [-0.39, 0.29) is 5.92 Å². The zero-order valence-corrected chi connectivity index (χ0v) is 9.66. The van der Waals surface area contributed by atoms with Crippen molar-refractivity contribution < 1.29 is 14.4 Å². The maximum Gasteiger partial charge on any atom is 0.328 e. The van der Waals surface area contributed by atoms with Crippen molar-refractivity contribution in [2.45, 2.75) is 27.2 Å². The predicted molar refractivity (Wildman–Crippen MR) is 58.4 cm³/mol. The maximum atomic E-state index is 11.9. The van der Waals surface area contributed by atoms with E-state index in [1.165, 1.54) is 0 Å². The molecule has 0 radical (unpaired) electrons. The predicted octanol–water partition coefficient (Wildman–Crippen LogP) is 0.961. The Bertz CT molecular complexity index is 340. The van der Waals surface area contributed by atoms with Crippen molar-refractivity contribution in [3.63, 3.8) is 0 Å². The van der Waals surface area contributed by atoms with Crippen LogP contribution in [0.1, 0.15) is 27.2 Å². The van der Waals surface area contributed by atoms with E-state index in [1.807, 2.05) is 6.92 Å². The van der Waals surface area contributed by atoms with Gasteiger partial charge in [-0.1, -0.05) is 26.0 Å². The molecule has 0 spiro atoms. The van der Waals surface area contributed by atoms with Crippen LogP contribution in [-0.4, -0.2) is 17.8 Å². The molecular weight excluding hydrogens is 208 g/mol. The zero-order chi connectivity index (χ0) is 12.3. The van der Waals surface area contributed by atoms with Crippen LogP contribution >= 0.6 is 0 Å². The van der Waals surface area contributed by atoms with E-state index < -0.39 is 23.3 Å². The number of hydrogen-bond donors (Lipinski definition) is 2. The summed E-state index contributed by atoms with van der Waals surface area (Å²) in [6, 6.07) is -0.744. The molecule has 1 fully saturated rings. The molecule has 1 atom stereocenters. The lowest BCUT2D eigenvalue weighted by Gasteiger charge is -2.36. The van der Waals surface area contributed by atoms with E-state index in [9.17, 15) is 14.4 Å². The second-order valence-corrected chi connectivity index (χ2v) is 3.88. The second-order valence-electron chi connectivity index (χ2n) is 3.88. The summed E-state index contributed by atoms with van der Waals surface area (Å²) in [4.78, 5) is 34.7. The van der Waals surface area contributed by atoms with Gasteiger partial charge in [0, 0.05) is 0 Å². The molecular formula is C11H16N2O3. The molecule has 2 N–H and O–H groups in total. The van der Waals surface area contributed by atoms with Crippen molar-refractivity contribution in [2.75, 3.05) is 0 Å². The zero-order valence-electron chi connectivity index (χ0n) is 9.66. The van der Waals surface area contributed by atoms with Gasteiger partial charge in [0.1, 0.15) is 5.41 Å². The van der Waals surface area contributed by atoms with Gasteiger partial charge in [-0.25, -0.2) is 4.79 Å². The minimum Gasteiger partial charge on any atom is -0.277 e. The van der Waals surface area contributed by atoms with E-state index in [2.05, 4.69) is 10.6 Å². The lowest BCUT2D eigenvalue weighted by atomic mass is 9.71. The van der Waals surface area contributed by atoms with E-state index in [0.29, 0.717) is 6.42 Å². The first kappa shape index (κ1) is 12.4. The van der Waals surface area contributed by atoms with Crippen molar-refractivity contribution in [1.29, 1.82) is 0 Å². The van der Waals surface area contributed by atoms with Crippen LogP contribution in [0.2, 0.25) is 0 Å². The minimum absolute atomic E-state index is 0.254. The van der Waals surface area contributed by atoms with E-state index in [1.54, 1.807) is 26.0 Å². The highest BCUT2D eigenvalue weighted by molar-refractivity contribution is 6.19. The van der Waals surface area contributed by atoms with Gasteiger partial charge in [0.2, 0.25) is 11.8 Å². The molecule has 88 valence electrons. The molecule has 4 amide bonds. The number of urea groups is 1. The summed E-state index contributed by atoms with van der Waals surface area (Å²) in [5, 5.41) is 4.29. The van der Waals surface area contributed by atoms with E-state index in [0.717, 1.165) is 0 Å². The van der Waals surface area contributed by atoms with Crippen LogP contribution in [0.25, 0.3) is 0 Å². The first-order chi connectivity index (χ1) is 7.48. The highest BCUT2D eigenvalue weighted by atomic mass is 16.2. The number of amides is 4. The summed E-state index contributed by atoms with van der Waals surface area (Å²) in [7, 11) is 0. The Morgan fingerprint density at radius 1 is 1.25 bits per heavy atom. The number of hydrogen-bond acceptors (Lipinski definition) is 3. The van der Waals surface area contributed by atoms with Gasteiger partial charge in [-0.05, 0) is 19.3 Å². The largest absolute Gasteiger partial charge is 0.328 e. The maximum absolute atomic E-state index is 11.9. The number of allylic oxidation sites excluding steroid dienone is 2. The smallest absolute Gasteiger partial charge is 0.277 e. The fourth-order valence-corrected chi connectivity index (χ4v) is 2.07. The molecule has 0 aliphatic carbocycles. The van der Waals surface area contributed by atoms with Crippen LogP contribution in [0.3, 0.4) is 0 Å². The molecule has 1 aliphatic heterocycles. The van der Waals surface area contributed by atoms with Gasteiger partial charge in [0.25, 0.3) is 0 Å². The first-order valence-corrected chi connectivity index (χ1v) is 5.28. The van der Waals surface area contributed by atoms with Crippen LogP contribution in [0, 0.1) is 11.3 Å². The molecule has 0 aromatic rings. The highest BCUT2D eigenvalue weighted by Crippen LogP contribution is 2.34. The molecule has 0 saturated carbocycles. The van der Waals surface area contributed by atoms with Gasteiger partial charge in [0.15, 0.2) is 0 Å². The van der Waals surface area contributed by atoms with Crippen LogP contribution in [0.5, 0.6) is 0 Å². The van der Waals surface area contributed by atoms with Crippen molar-refractivity contribution in [3.05, 3.63) is 12.2 Å². The third-order valence-electron chi connectivity index (χ3n) is 3.08. The van der Waals surface area contributed by atoms with Crippen molar-refractivity contribution >= 4 is 17.8 Å². The number of nitrogens with one attached hydrogen (secondary N) is 2. The van der Waals surface area contributed by atoms with Crippen LogP contribution in [0.4, 0.5) is 4.79 Å². The molecule has 1 unspecified atom stereocenters. The first-order valence-electron chi connectivity index (χ1n) is 5.28. The van der Waals surface area contributed by atoms with Gasteiger partial charge in [-0.15, -0.1) is 0 Å².